The molecule has 0 fully saturated rings. The average Bonchev–Trinajstić information content (AvgIpc) is 2.27. The molecule has 0 aliphatic rings. The molecule has 0 bridgehead atoms. The maximum Gasteiger partial charge on any atom is 0.304 e. The Bertz CT molecular complexity index is 455. The van der Waals surface area contributed by atoms with Gasteiger partial charge in [-0.2, -0.15) is 4.39 Å². The first kappa shape index (κ1) is 15.6. The van der Waals surface area contributed by atoms with Crippen LogP contribution in [0.3, 0.4) is 0 Å². The zero-order valence-electron chi connectivity index (χ0n) is 11.9. The summed E-state index contributed by atoms with van der Waals surface area (Å²) in [6.07, 6.45) is 1.55. The Labute approximate surface area is 113 Å². The van der Waals surface area contributed by atoms with Gasteiger partial charge in [-0.3, -0.25) is 10.1 Å². The fraction of sp³-hybridized carbons (Fsp3) is 0.571. The lowest BCUT2D eigenvalue weighted by Gasteiger charge is -2.30. The van der Waals surface area contributed by atoms with Gasteiger partial charge in [-0.15, -0.1) is 0 Å². The van der Waals surface area contributed by atoms with Crippen molar-refractivity contribution in [1.29, 1.82) is 0 Å². The molecule has 0 aliphatic carbocycles. The lowest BCUT2D eigenvalue weighted by molar-refractivity contribution is -0.387. The van der Waals surface area contributed by atoms with E-state index in [1.807, 2.05) is 7.05 Å². The Balaban J connectivity index is 2.74. The normalized spacial score (nSPS) is 13.3. The van der Waals surface area contributed by atoms with Crippen LogP contribution in [0.25, 0.3) is 0 Å². The van der Waals surface area contributed by atoms with E-state index in [0.717, 1.165) is 12.0 Å². The molecule has 1 rings (SSSR count). The molecular formula is C14H21FN2O2. The summed E-state index contributed by atoms with van der Waals surface area (Å²) in [5, 5.41) is 13.8. The van der Waals surface area contributed by atoms with Crippen molar-refractivity contribution in [2.24, 2.45) is 5.41 Å². The van der Waals surface area contributed by atoms with Crippen LogP contribution < -0.4 is 5.32 Å². The van der Waals surface area contributed by atoms with Crippen molar-refractivity contribution < 1.29 is 9.31 Å². The molecule has 4 nitrogen and oxygen atoms in total. The van der Waals surface area contributed by atoms with E-state index >= 15 is 0 Å². The lowest BCUT2D eigenvalue weighted by Crippen LogP contribution is -2.38. The lowest BCUT2D eigenvalue weighted by atomic mass is 9.83. The molecule has 0 saturated heterocycles. The van der Waals surface area contributed by atoms with Crippen molar-refractivity contribution in [2.75, 3.05) is 7.05 Å². The molecule has 1 unspecified atom stereocenters. The number of benzene rings is 1. The summed E-state index contributed by atoms with van der Waals surface area (Å²) in [7, 11) is 1.91. The molecular weight excluding hydrogens is 247 g/mol. The zero-order chi connectivity index (χ0) is 14.6. The maximum atomic E-state index is 13.5. The third kappa shape index (κ3) is 4.28. The molecule has 0 amide bonds. The first-order chi connectivity index (χ1) is 8.75. The second kappa shape index (κ2) is 6.10. The minimum atomic E-state index is -0.765. The average molecular weight is 268 g/mol. The Morgan fingerprint density at radius 3 is 2.47 bits per heavy atom. The van der Waals surface area contributed by atoms with Gasteiger partial charge >= 0.3 is 5.69 Å². The summed E-state index contributed by atoms with van der Waals surface area (Å²) >= 11 is 0. The molecule has 0 saturated carbocycles. The third-order valence-corrected chi connectivity index (χ3v) is 3.32. The number of nitro benzene ring substituents is 1. The summed E-state index contributed by atoms with van der Waals surface area (Å²) in [5.74, 6) is -0.765. The highest BCUT2D eigenvalue weighted by atomic mass is 19.1. The van der Waals surface area contributed by atoms with Gasteiger partial charge in [-0.25, -0.2) is 0 Å². The van der Waals surface area contributed by atoms with Crippen molar-refractivity contribution >= 4 is 5.69 Å². The highest BCUT2D eigenvalue weighted by molar-refractivity contribution is 5.35. The van der Waals surface area contributed by atoms with Gasteiger partial charge in [0.2, 0.25) is 5.82 Å². The standard InChI is InChI=1S/C14H21FN2O2/c1-14(2,3)13(16-4)8-6-10-5-7-12(17(18)19)11(15)9-10/h5,7,9,13,16H,6,8H2,1-4H3. The molecule has 0 aromatic heterocycles. The topological polar surface area (TPSA) is 55.2 Å². The van der Waals surface area contributed by atoms with Gasteiger partial charge in [0.25, 0.3) is 0 Å². The molecule has 0 heterocycles. The number of nitrogens with one attached hydrogen (secondary N) is 1. The summed E-state index contributed by atoms with van der Waals surface area (Å²) in [6.45, 7) is 6.43. The Morgan fingerprint density at radius 1 is 1.42 bits per heavy atom. The molecule has 0 spiro atoms. The van der Waals surface area contributed by atoms with E-state index in [1.54, 1.807) is 6.07 Å². The fourth-order valence-corrected chi connectivity index (χ4v) is 2.18. The Hall–Kier alpha value is -1.49. The van der Waals surface area contributed by atoms with Crippen molar-refractivity contribution in [3.8, 4) is 0 Å². The van der Waals surface area contributed by atoms with E-state index in [1.165, 1.54) is 12.1 Å². The van der Waals surface area contributed by atoms with E-state index in [9.17, 15) is 14.5 Å². The second-order valence-electron chi connectivity index (χ2n) is 5.79. The summed E-state index contributed by atoms with van der Waals surface area (Å²) < 4.78 is 13.5. The first-order valence-corrected chi connectivity index (χ1v) is 6.35. The first-order valence-electron chi connectivity index (χ1n) is 6.35. The minimum Gasteiger partial charge on any atom is -0.316 e. The molecule has 5 heteroatoms. The highest BCUT2D eigenvalue weighted by Crippen LogP contribution is 2.24. The maximum absolute atomic E-state index is 13.5. The van der Waals surface area contributed by atoms with E-state index < -0.39 is 16.4 Å². The molecule has 1 aromatic rings. The van der Waals surface area contributed by atoms with Crippen LogP contribution in [0.15, 0.2) is 18.2 Å². The van der Waals surface area contributed by atoms with Gasteiger partial charge in [0.15, 0.2) is 0 Å². The number of aryl methyl sites for hydroxylation is 1. The van der Waals surface area contributed by atoms with Crippen molar-refractivity contribution in [3.63, 3.8) is 0 Å². The van der Waals surface area contributed by atoms with Gasteiger partial charge < -0.3 is 5.32 Å². The fourth-order valence-electron chi connectivity index (χ4n) is 2.18. The summed E-state index contributed by atoms with van der Waals surface area (Å²) in [4.78, 5) is 9.83. The van der Waals surface area contributed by atoms with Gasteiger partial charge in [-0.1, -0.05) is 26.8 Å². The van der Waals surface area contributed by atoms with Gasteiger partial charge in [0.05, 0.1) is 4.92 Å². The molecule has 1 atom stereocenters. The van der Waals surface area contributed by atoms with Crippen LogP contribution in [0.4, 0.5) is 10.1 Å². The van der Waals surface area contributed by atoms with Gasteiger partial charge in [0.1, 0.15) is 0 Å². The largest absolute Gasteiger partial charge is 0.316 e. The number of rotatable bonds is 5. The van der Waals surface area contributed by atoms with Crippen LogP contribution in [0.5, 0.6) is 0 Å². The van der Waals surface area contributed by atoms with Crippen molar-refractivity contribution in [3.05, 3.63) is 39.7 Å². The van der Waals surface area contributed by atoms with Crippen molar-refractivity contribution in [1.82, 2.24) is 5.32 Å². The molecule has 19 heavy (non-hydrogen) atoms. The quantitative estimate of drug-likeness (QED) is 0.658. The van der Waals surface area contributed by atoms with Crippen LogP contribution in [0.1, 0.15) is 32.8 Å². The number of hydrogen-bond donors (Lipinski definition) is 1. The van der Waals surface area contributed by atoms with Crippen LogP contribution in [-0.4, -0.2) is 18.0 Å². The van der Waals surface area contributed by atoms with Gasteiger partial charge in [-0.05, 0) is 36.9 Å². The number of hydrogen-bond acceptors (Lipinski definition) is 3. The third-order valence-electron chi connectivity index (χ3n) is 3.32. The Kier molecular flexibility index (Phi) is 5.00. The molecule has 0 radical (unpaired) electrons. The van der Waals surface area contributed by atoms with Crippen LogP contribution >= 0.6 is 0 Å². The predicted molar refractivity (Wildman–Crippen MR) is 73.7 cm³/mol. The Morgan fingerprint density at radius 2 is 2.05 bits per heavy atom. The van der Waals surface area contributed by atoms with Crippen LogP contribution in [0.2, 0.25) is 0 Å². The molecule has 106 valence electrons. The highest BCUT2D eigenvalue weighted by Gasteiger charge is 2.22. The van der Waals surface area contributed by atoms with Crippen LogP contribution in [-0.2, 0) is 6.42 Å². The predicted octanol–water partition coefficient (Wildman–Crippen LogP) is 3.30. The number of halogens is 1. The summed E-state index contributed by atoms with van der Waals surface area (Å²) in [5.41, 5.74) is 0.436. The number of nitrogens with zero attached hydrogens (tertiary/aromatic N) is 1. The van der Waals surface area contributed by atoms with E-state index in [0.29, 0.717) is 12.5 Å². The van der Waals surface area contributed by atoms with Crippen LogP contribution in [0, 0.1) is 21.3 Å². The smallest absolute Gasteiger partial charge is 0.304 e. The second-order valence-corrected chi connectivity index (χ2v) is 5.79. The minimum absolute atomic E-state index is 0.119. The monoisotopic (exact) mass is 268 g/mol. The SMILES string of the molecule is CNC(CCc1ccc([N+](=O)[O-])c(F)c1)C(C)(C)C. The summed E-state index contributed by atoms with van der Waals surface area (Å²) in [6, 6.07) is 4.42. The molecule has 1 aromatic carbocycles. The molecule has 1 N–H and O–H groups in total. The number of nitro groups is 1. The zero-order valence-corrected chi connectivity index (χ0v) is 11.9. The van der Waals surface area contributed by atoms with E-state index in [4.69, 9.17) is 0 Å². The van der Waals surface area contributed by atoms with E-state index in [2.05, 4.69) is 26.1 Å². The van der Waals surface area contributed by atoms with E-state index in [-0.39, 0.29) is 5.41 Å². The van der Waals surface area contributed by atoms with Gasteiger partial charge in [0, 0.05) is 12.1 Å². The molecule has 0 aliphatic heterocycles. The van der Waals surface area contributed by atoms with Crippen molar-refractivity contribution in [2.45, 2.75) is 39.7 Å².